The molecule has 2 N–H and O–H groups in total. The van der Waals surface area contributed by atoms with E-state index in [1.54, 1.807) is 65.4 Å². The van der Waals surface area contributed by atoms with Crippen molar-refractivity contribution in [2.75, 3.05) is 18.6 Å². The third kappa shape index (κ3) is 6.04. The Hall–Kier alpha value is -4.51. The number of aliphatic hydroxyl groups is 2. The number of aromatic nitrogens is 1. The van der Waals surface area contributed by atoms with Crippen LogP contribution in [0.15, 0.2) is 106 Å². The molecule has 0 saturated carbocycles. The summed E-state index contributed by atoms with van der Waals surface area (Å²) in [6, 6.07) is 23.7. The zero-order valence-electron chi connectivity index (χ0n) is 26.2. The fourth-order valence-corrected chi connectivity index (χ4v) is 6.89. The van der Waals surface area contributed by atoms with Crippen LogP contribution in [-0.2, 0) is 34.7 Å². The summed E-state index contributed by atoms with van der Waals surface area (Å²) in [5.41, 5.74) is 2.62. The molecule has 0 bridgehead atoms. The van der Waals surface area contributed by atoms with E-state index in [2.05, 4.69) is 15.9 Å². The Kier molecular flexibility index (Phi) is 9.18. The Bertz CT molecular complexity index is 1910. The van der Waals surface area contributed by atoms with E-state index in [-0.39, 0.29) is 42.8 Å². The van der Waals surface area contributed by atoms with Crippen LogP contribution in [0.2, 0.25) is 0 Å². The number of hydrogen-bond acceptors (Lipinski definition) is 6. The summed E-state index contributed by atoms with van der Waals surface area (Å²) in [5.74, 6) is -1.01. The van der Waals surface area contributed by atoms with Gasteiger partial charge in [-0.25, -0.2) is 0 Å². The number of amides is 2. The van der Waals surface area contributed by atoms with Gasteiger partial charge in [-0.15, -0.1) is 0 Å². The summed E-state index contributed by atoms with van der Waals surface area (Å²) in [6.07, 6.45) is 5.75. The average Bonchev–Trinajstić information content (AvgIpc) is 3.29. The van der Waals surface area contributed by atoms with E-state index < -0.39 is 17.4 Å². The Morgan fingerprint density at radius 1 is 1.06 bits per heavy atom. The van der Waals surface area contributed by atoms with Gasteiger partial charge in [-0.2, -0.15) is 0 Å². The molecule has 1 aromatic heterocycles. The molecule has 4 aromatic rings. The molecule has 3 aromatic carbocycles. The molecule has 3 heterocycles. The Balaban J connectivity index is 1.20. The van der Waals surface area contributed by atoms with Gasteiger partial charge in [0.25, 0.3) is 11.5 Å². The highest BCUT2D eigenvalue weighted by molar-refractivity contribution is 9.10. The highest BCUT2D eigenvalue weighted by Gasteiger charge is 2.52. The molecule has 2 aliphatic rings. The molecule has 6 rings (SSSR count). The van der Waals surface area contributed by atoms with E-state index in [9.17, 15) is 24.6 Å². The second-order valence-electron chi connectivity index (χ2n) is 12.0. The van der Waals surface area contributed by atoms with Gasteiger partial charge >= 0.3 is 0 Å². The molecule has 2 amide bonds. The van der Waals surface area contributed by atoms with Crippen molar-refractivity contribution in [3.8, 4) is 11.4 Å². The van der Waals surface area contributed by atoms with Gasteiger partial charge in [0.2, 0.25) is 5.91 Å². The van der Waals surface area contributed by atoms with Crippen LogP contribution in [0.25, 0.3) is 5.69 Å². The molecule has 0 spiro atoms. The fourth-order valence-electron chi connectivity index (χ4n) is 6.53. The van der Waals surface area contributed by atoms with Crippen LogP contribution in [0, 0.1) is 5.92 Å². The van der Waals surface area contributed by atoms with Gasteiger partial charge in [0.05, 0.1) is 32.0 Å². The van der Waals surface area contributed by atoms with Crippen molar-refractivity contribution < 1.29 is 24.5 Å². The quantitative estimate of drug-likeness (QED) is 0.242. The lowest BCUT2D eigenvalue weighted by atomic mass is 9.83. The van der Waals surface area contributed by atoms with Gasteiger partial charge in [0.15, 0.2) is 11.4 Å². The largest absolute Gasteiger partial charge is 0.491 e. The number of methoxy groups -OCH3 is 1. The van der Waals surface area contributed by atoms with E-state index in [0.29, 0.717) is 29.9 Å². The zero-order chi connectivity index (χ0) is 33.3. The summed E-state index contributed by atoms with van der Waals surface area (Å²) in [5, 5.41) is 22.1. The summed E-state index contributed by atoms with van der Waals surface area (Å²) in [6.45, 7) is 2.27. The molecule has 0 unspecified atom stereocenters. The Morgan fingerprint density at radius 3 is 2.53 bits per heavy atom. The second kappa shape index (κ2) is 13.3. The second-order valence-corrected chi connectivity index (χ2v) is 12.9. The summed E-state index contributed by atoms with van der Waals surface area (Å²) >= 11 is 3.49. The van der Waals surface area contributed by atoms with Crippen LogP contribution in [0.5, 0.6) is 5.75 Å². The predicted octanol–water partition coefficient (Wildman–Crippen LogP) is 4.87. The van der Waals surface area contributed by atoms with Gasteiger partial charge in [-0.05, 0) is 65.6 Å². The standard InChI is InChI=1S/C37H36BrN3O6/c1-24(7-5-11-34(43)40-22-27-9-4-3-8-26(27)19-30(40)23-42)37(46)31-20-28(38)14-17-32(31)41(36(37)45)21-25-12-15-29(16-13-25)39-18-6-10-33(47-2)35(39)44/h3-10,12-18,20,24,30,42,46H,11,19,21-23H2,1-2H3/b7-5+/t24-,30-,37+/m0/s1. The number of anilines is 1. The predicted molar refractivity (Wildman–Crippen MR) is 182 cm³/mol. The number of nitrogens with zero attached hydrogens (tertiary/aromatic N) is 3. The molecule has 0 saturated heterocycles. The smallest absolute Gasteiger partial charge is 0.297 e. The number of rotatable bonds is 9. The first-order valence-corrected chi connectivity index (χ1v) is 16.3. The first kappa shape index (κ1) is 32.4. The third-order valence-electron chi connectivity index (χ3n) is 9.18. The molecule has 0 radical (unpaired) electrons. The summed E-state index contributed by atoms with van der Waals surface area (Å²) < 4.78 is 7.37. The van der Waals surface area contributed by atoms with E-state index in [0.717, 1.165) is 21.2 Å². The summed E-state index contributed by atoms with van der Waals surface area (Å²) in [4.78, 5) is 43.3. The van der Waals surface area contributed by atoms with Crippen LogP contribution in [-0.4, -0.2) is 51.3 Å². The number of pyridine rings is 1. The molecule has 47 heavy (non-hydrogen) atoms. The molecular weight excluding hydrogens is 662 g/mol. The summed E-state index contributed by atoms with van der Waals surface area (Å²) in [7, 11) is 1.45. The van der Waals surface area contributed by atoms with E-state index in [4.69, 9.17) is 4.74 Å². The van der Waals surface area contributed by atoms with E-state index in [1.807, 2.05) is 48.5 Å². The van der Waals surface area contributed by atoms with Crippen molar-refractivity contribution in [2.45, 2.75) is 44.5 Å². The lowest BCUT2D eigenvalue weighted by Crippen LogP contribution is -2.46. The van der Waals surface area contributed by atoms with E-state index >= 15 is 0 Å². The highest BCUT2D eigenvalue weighted by Crippen LogP contribution is 2.46. The minimum atomic E-state index is -1.86. The molecule has 2 aliphatic heterocycles. The first-order valence-electron chi connectivity index (χ1n) is 15.5. The Labute approximate surface area is 281 Å². The molecule has 242 valence electrons. The van der Waals surface area contributed by atoms with Crippen molar-refractivity contribution in [1.82, 2.24) is 9.47 Å². The van der Waals surface area contributed by atoms with Crippen LogP contribution >= 0.6 is 15.9 Å². The molecular formula is C37H36BrN3O6. The maximum Gasteiger partial charge on any atom is 0.297 e. The minimum Gasteiger partial charge on any atom is -0.491 e. The van der Waals surface area contributed by atoms with Gasteiger partial charge in [0.1, 0.15) is 0 Å². The Morgan fingerprint density at radius 2 is 1.81 bits per heavy atom. The third-order valence-corrected chi connectivity index (χ3v) is 9.67. The van der Waals surface area contributed by atoms with Crippen molar-refractivity contribution in [2.24, 2.45) is 5.92 Å². The van der Waals surface area contributed by atoms with Crippen molar-refractivity contribution in [1.29, 1.82) is 0 Å². The lowest BCUT2D eigenvalue weighted by molar-refractivity contribution is -0.139. The first-order chi connectivity index (χ1) is 22.6. The number of carbonyl (C=O) groups is 2. The van der Waals surface area contributed by atoms with Crippen LogP contribution in [0.4, 0.5) is 5.69 Å². The molecule has 9 nitrogen and oxygen atoms in total. The van der Waals surface area contributed by atoms with Crippen LogP contribution in [0.3, 0.4) is 0 Å². The van der Waals surface area contributed by atoms with E-state index in [1.165, 1.54) is 11.7 Å². The average molecular weight is 699 g/mol. The van der Waals surface area contributed by atoms with Crippen molar-refractivity contribution in [3.63, 3.8) is 0 Å². The van der Waals surface area contributed by atoms with Crippen LogP contribution < -0.4 is 15.2 Å². The number of fused-ring (bicyclic) bond motifs is 2. The van der Waals surface area contributed by atoms with Crippen molar-refractivity contribution >= 4 is 33.4 Å². The maximum absolute atomic E-state index is 14.1. The monoisotopic (exact) mass is 697 g/mol. The van der Waals surface area contributed by atoms with Gasteiger partial charge in [-0.1, -0.05) is 71.4 Å². The molecule has 0 fully saturated rings. The zero-order valence-corrected chi connectivity index (χ0v) is 27.8. The topological polar surface area (TPSA) is 112 Å². The maximum atomic E-state index is 14.1. The number of aliphatic hydroxyl groups excluding tert-OH is 1. The number of ether oxygens (including phenoxy) is 1. The number of carbonyl (C=O) groups excluding carboxylic acids is 2. The molecule has 3 atom stereocenters. The lowest BCUT2D eigenvalue weighted by Gasteiger charge is -2.36. The van der Waals surface area contributed by atoms with Gasteiger partial charge < -0.3 is 24.7 Å². The highest BCUT2D eigenvalue weighted by atomic mass is 79.9. The molecule has 10 heteroatoms. The number of halogens is 1. The van der Waals surface area contributed by atoms with Crippen molar-refractivity contribution in [3.05, 3.63) is 134 Å². The number of hydrogen-bond donors (Lipinski definition) is 2. The number of benzene rings is 3. The van der Waals surface area contributed by atoms with Gasteiger partial charge in [-0.3, -0.25) is 19.0 Å². The fraction of sp³-hybridized carbons (Fsp3) is 0.270. The molecule has 0 aliphatic carbocycles. The van der Waals surface area contributed by atoms with Crippen LogP contribution in [0.1, 0.15) is 35.6 Å². The SMILES string of the molecule is COc1cccn(-c2ccc(CN3C(=O)[C@@](O)([C@@H](C)/C=C/CC(=O)N4Cc5ccccc5C[C@H]4CO)c4cc(Br)ccc43)cc2)c1=O. The normalized spacial score (nSPS) is 19.5. The van der Waals surface area contributed by atoms with Gasteiger partial charge in [0, 0.05) is 40.8 Å². The minimum absolute atomic E-state index is 0.0745.